The predicted octanol–water partition coefficient (Wildman–Crippen LogP) is 9.14. The standard InChI is InChI=1S/C56H45N5O11/c62-25-47-49(63)50(71-55(65)69-27-44-39-21-9-3-15-33(39)34-16-4-10-22-40(34)44)46(29-67-47)61-30-57-48-51(61)58-53(60-54(64)68-26-43-37-19-7-1-13-31(37)32-14-2-8-20-38(32)43)59-52(48)72-56(66)70-28-45-41-23-11-5-17-35(41)36-18-6-12-24-42(36)45/h1-24,30,43-47,49-50,62-63H,25-29H2,(H,58,59,60,64)/t46?,47?,49?,50-/m1/s1. The first-order chi connectivity index (χ1) is 35.3. The number of carbonyl (C=O) groups is 3. The van der Waals surface area contributed by atoms with Crippen LogP contribution < -0.4 is 10.1 Å². The lowest BCUT2D eigenvalue weighted by atomic mass is 9.98. The highest BCUT2D eigenvalue weighted by Crippen LogP contribution is 2.47. The van der Waals surface area contributed by atoms with Crippen molar-refractivity contribution in [1.29, 1.82) is 0 Å². The fourth-order valence-electron chi connectivity index (χ4n) is 10.8. The van der Waals surface area contributed by atoms with Crippen LogP contribution in [0.15, 0.2) is 152 Å². The van der Waals surface area contributed by atoms with E-state index in [0.29, 0.717) is 0 Å². The molecule has 1 aliphatic heterocycles. The molecule has 4 aliphatic rings. The molecule has 8 aromatic rings. The zero-order valence-corrected chi connectivity index (χ0v) is 38.4. The molecule has 3 unspecified atom stereocenters. The molecule has 0 saturated carbocycles. The number of carbonyl (C=O) groups excluding carboxylic acids is 3. The van der Waals surface area contributed by atoms with Gasteiger partial charge in [-0.15, -0.1) is 0 Å². The number of benzene rings is 6. The van der Waals surface area contributed by atoms with Crippen molar-refractivity contribution in [2.24, 2.45) is 0 Å². The second kappa shape index (κ2) is 18.7. The van der Waals surface area contributed by atoms with Gasteiger partial charge in [0.1, 0.15) is 32.0 Å². The largest absolute Gasteiger partial charge is 0.515 e. The molecule has 3 heterocycles. The number of hydrogen-bond acceptors (Lipinski definition) is 14. The second-order valence-corrected chi connectivity index (χ2v) is 18.0. The average molecular weight is 964 g/mol. The van der Waals surface area contributed by atoms with Gasteiger partial charge in [0.2, 0.25) is 5.95 Å². The first-order valence-electron chi connectivity index (χ1n) is 23.6. The molecule has 16 heteroatoms. The van der Waals surface area contributed by atoms with Gasteiger partial charge in [0, 0.05) is 17.8 Å². The number of nitrogens with zero attached hydrogens (tertiary/aromatic N) is 4. The first-order valence-corrected chi connectivity index (χ1v) is 23.6. The van der Waals surface area contributed by atoms with Crippen LogP contribution in [0.1, 0.15) is 57.2 Å². The maximum atomic E-state index is 13.7. The van der Waals surface area contributed by atoms with Crippen molar-refractivity contribution < 1.29 is 53.0 Å². The smallest absolute Gasteiger partial charge is 0.448 e. The van der Waals surface area contributed by atoms with Gasteiger partial charge in [-0.3, -0.25) is 5.32 Å². The molecule has 72 heavy (non-hydrogen) atoms. The summed E-state index contributed by atoms with van der Waals surface area (Å²) in [6.45, 7) is -0.919. The van der Waals surface area contributed by atoms with Gasteiger partial charge in [-0.05, 0) is 66.8 Å². The molecule has 2 aromatic heterocycles. The Balaban J connectivity index is 0.823. The van der Waals surface area contributed by atoms with Gasteiger partial charge in [0.05, 0.1) is 25.6 Å². The third-order valence-electron chi connectivity index (χ3n) is 14.1. The van der Waals surface area contributed by atoms with Crippen molar-refractivity contribution >= 4 is 35.5 Å². The van der Waals surface area contributed by atoms with Gasteiger partial charge in [0.15, 0.2) is 17.3 Å². The molecule has 1 saturated heterocycles. The van der Waals surface area contributed by atoms with Crippen molar-refractivity contribution in [2.45, 2.75) is 42.1 Å². The molecule has 1 fully saturated rings. The van der Waals surface area contributed by atoms with E-state index in [1.807, 2.05) is 146 Å². The molecule has 16 nitrogen and oxygen atoms in total. The topological polar surface area (TPSA) is 203 Å². The number of anilines is 1. The number of amides is 1. The summed E-state index contributed by atoms with van der Waals surface area (Å²) in [7, 11) is 0. The Hall–Kier alpha value is -8.44. The summed E-state index contributed by atoms with van der Waals surface area (Å²) in [5, 5.41) is 24.4. The van der Waals surface area contributed by atoms with Gasteiger partial charge < -0.3 is 43.2 Å². The van der Waals surface area contributed by atoms with Gasteiger partial charge in [-0.25, -0.2) is 19.4 Å². The van der Waals surface area contributed by atoms with E-state index in [2.05, 4.69) is 20.3 Å². The van der Waals surface area contributed by atoms with Crippen LogP contribution in [-0.2, 0) is 23.7 Å². The highest BCUT2D eigenvalue weighted by Gasteiger charge is 2.45. The van der Waals surface area contributed by atoms with Crippen LogP contribution in [0.4, 0.5) is 20.3 Å². The van der Waals surface area contributed by atoms with Crippen molar-refractivity contribution in [2.75, 3.05) is 38.4 Å². The molecule has 4 atom stereocenters. The summed E-state index contributed by atoms with van der Waals surface area (Å²) < 4.78 is 36.4. The Morgan fingerprint density at radius 2 is 1.03 bits per heavy atom. The molecular formula is C56H45N5O11. The lowest BCUT2D eigenvalue weighted by Gasteiger charge is -2.39. The van der Waals surface area contributed by atoms with Crippen molar-refractivity contribution in [3.63, 3.8) is 0 Å². The third kappa shape index (κ3) is 7.95. The van der Waals surface area contributed by atoms with Crippen LogP contribution in [0.3, 0.4) is 0 Å². The minimum absolute atomic E-state index is 0.00946. The first kappa shape index (κ1) is 44.7. The van der Waals surface area contributed by atoms with E-state index in [4.69, 9.17) is 28.4 Å². The van der Waals surface area contributed by atoms with Gasteiger partial charge in [0.25, 0.3) is 5.88 Å². The van der Waals surface area contributed by atoms with Gasteiger partial charge >= 0.3 is 18.4 Å². The summed E-state index contributed by atoms with van der Waals surface area (Å²) >= 11 is 0. The summed E-state index contributed by atoms with van der Waals surface area (Å²) in [6, 6.07) is 46.5. The predicted molar refractivity (Wildman–Crippen MR) is 262 cm³/mol. The number of aromatic nitrogens is 4. The van der Waals surface area contributed by atoms with Crippen LogP contribution in [0.5, 0.6) is 5.88 Å². The van der Waals surface area contributed by atoms with E-state index in [0.717, 1.165) is 66.8 Å². The molecule has 3 aliphatic carbocycles. The van der Waals surface area contributed by atoms with Crippen molar-refractivity contribution in [1.82, 2.24) is 19.5 Å². The van der Waals surface area contributed by atoms with E-state index in [-0.39, 0.29) is 67.2 Å². The normalized spacial score (nSPS) is 18.5. The maximum Gasteiger partial charge on any atom is 0.515 e. The van der Waals surface area contributed by atoms with E-state index >= 15 is 0 Å². The zero-order valence-electron chi connectivity index (χ0n) is 38.4. The lowest BCUT2D eigenvalue weighted by Crippen LogP contribution is -2.53. The fraction of sp³-hybridized carbons (Fsp3) is 0.214. The Kier molecular flexibility index (Phi) is 11.6. The Bertz CT molecular complexity index is 3280. The SMILES string of the molecule is O=C(Nc1nc(OC(=O)OCC2c3ccccc3-c3ccccc32)c2ncn(C3COC(CO)C(O)[C@@H]3OC(=O)OCC3c4ccccc4-c4ccccc43)c2n1)OCC1c2ccccc2-c2ccccc21. The zero-order chi connectivity index (χ0) is 48.9. The Morgan fingerprint density at radius 3 is 1.49 bits per heavy atom. The van der Waals surface area contributed by atoms with E-state index < -0.39 is 49.4 Å². The number of aliphatic hydroxyl groups is 2. The molecule has 1 amide bonds. The van der Waals surface area contributed by atoms with E-state index in [1.54, 1.807) is 0 Å². The van der Waals surface area contributed by atoms with Crippen LogP contribution in [-0.4, -0.2) is 99.5 Å². The molecule has 3 N–H and O–H groups in total. The summed E-state index contributed by atoms with van der Waals surface area (Å²) in [4.78, 5) is 54.7. The average Bonchev–Trinajstić information content (AvgIpc) is 4.16. The minimum Gasteiger partial charge on any atom is -0.448 e. The van der Waals surface area contributed by atoms with E-state index in [1.165, 1.54) is 10.9 Å². The summed E-state index contributed by atoms with van der Waals surface area (Å²) in [5.41, 5.74) is 12.3. The Labute approximate surface area is 411 Å². The number of hydrogen-bond donors (Lipinski definition) is 3. The van der Waals surface area contributed by atoms with Crippen LogP contribution in [0, 0.1) is 0 Å². The van der Waals surface area contributed by atoms with Crippen molar-refractivity contribution in [3.8, 4) is 39.3 Å². The molecule has 6 aromatic carbocycles. The number of imidazole rings is 1. The molecule has 0 radical (unpaired) electrons. The number of rotatable bonds is 11. The monoisotopic (exact) mass is 963 g/mol. The van der Waals surface area contributed by atoms with Crippen LogP contribution >= 0.6 is 0 Å². The minimum atomic E-state index is -1.55. The summed E-state index contributed by atoms with van der Waals surface area (Å²) in [5.74, 6) is -1.48. The summed E-state index contributed by atoms with van der Waals surface area (Å²) in [6.07, 6.45) is -5.80. The van der Waals surface area contributed by atoms with Crippen LogP contribution in [0.2, 0.25) is 0 Å². The molecule has 0 spiro atoms. The van der Waals surface area contributed by atoms with Crippen molar-refractivity contribution in [3.05, 3.63) is 185 Å². The van der Waals surface area contributed by atoms with Gasteiger partial charge in [-0.1, -0.05) is 146 Å². The molecule has 12 rings (SSSR count). The van der Waals surface area contributed by atoms with Gasteiger partial charge in [-0.2, -0.15) is 9.97 Å². The molecule has 360 valence electrons. The highest BCUT2D eigenvalue weighted by atomic mass is 16.7. The highest BCUT2D eigenvalue weighted by molar-refractivity contribution is 5.87. The molecular weight excluding hydrogens is 919 g/mol. The number of fused-ring (bicyclic) bond motifs is 10. The molecule has 0 bridgehead atoms. The number of nitrogens with one attached hydrogen (secondary N) is 1. The van der Waals surface area contributed by atoms with E-state index in [9.17, 15) is 24.6 Å². The lowest BCUT2D eigenvalue weighted by molar-refractivity contribution is -0.175. The fourth-order valence-corrected chi connectivity index (χ4v) is 10.8. The Morgan fingerprint density at radius 1 is 0.597 bits per heavy atom. The third-order valence-corrected chi connectivity index (χ3v) is 14.1. The quantitative estimate of drug-likeness (QED) is 0.0818. The number of ether oxygens (including phenoxy) is 6. The van der Waals surface area contributed by atoms with Crippen LogP contribution in [0.25, 0.3) is 44.5 Å². The number of aliphatic hydroxyl groups excluding tert-OH is 2. The second-order valence-electron chi connectivity index (χ2n) is 18.0. The maximum absolute atomic E-state index is 13.7.